The molecule has 2 aromatic rings. The largest absolute Gasteiger partial charge is 0.465 e. The van der Waals surface area contributed by atoms with Crippen molar-refractivity contribution in [3.8, 4) is 0 Å². The summed E-state index contributed by atoms with van der Waals surface area (Å²) in [5, 5.41) is 20.4. The van der Waals surface area contributed by atoms with Crippen molar-refractivity contribution in [2.24, 2.45) is 21.8 Å². The SMILES string of the molecule is CO[C@@H]1CC[C@]2(c3cc(N)ccc3F)N=C(N(C(=O)O)C(C)(C)C)SC[C@@H]2C1.CO[C@@H]1CC[C@]2(c3cc(N)ccc3F)N=C(N(C(=O)O)C(C)(C)C)SC[C@@H]2C1. The van der Waals surface area contributed by atoms with Gasteiger partial charge in [0.25, 0.3) is 0 Å². The van der Waals surface area contributed by atoms with E-state index in [0.29, 0.717) is 57.2 Å². The standard InChI is InChI=1S/2C20H28FN3O3S/c2*1-19(2,3)24(18(25)26)17-23-20(15-10-13(22)5-6-16(15)21)8-7-14(27-4)9-12(20)11-28-17/h2*5-6,10,12,14H,7-9,11,22H2,1-4H3,(H,25,26)/t2*12-,14+,20-/m00/s1. The highest BCUT2D eigenvalue weighted by molar-refractivity contribution is 8.14. The molecule has 6 N–H and O–H groups in total. The lowest BCUT2D eigenvalue weighted by atomic mass is 9.68. The van der Waals surface area contributed by atoms with Crippen LogP contribution in [-0.2, 0) is 20.6 Å². The number of nitrogens with two attached hydrogens (primary N) is 2. The number of carbonyl (C=O) groups is 2. The number of hydrogen-bond donors (Lipinski definition) is 4. The fraction of sp³-hybridized carbons (Fsp3) is 0.600. The van der Waals surface area contributed by atoms with Crippen LogP contribution >= 0.6 is 23.5 Å². The molecular formula is C40H56F2N6O6S2. The molecule has 0 spiro atoms. The second-order valence-electron chi connectivity index (χ2n) is 17.0. The summed E-state index contributed by atoms with van der Waals surface area (Å²) in [7, 11) is 3.38. The van der Waals surface area contributed by atoms with Gasteiger partial charge in [0.05, 0.1) is 23.3 Å². The van der Waals surface area contributed by atoms with E-state index in [1.165, 1.54) is 57.6 Å². The molecule has 0 bridgehead atoms. The normalized spacial score (nSPS) is 27.7. The minimum absolute atomic E-state index is 0.0341. The lowest BCUT2D eigenvalue weighted by Crippen LogP contribution is -2.53. The Morgan fingerprint density at radius 3 is 1.39 bits per heavy atom. The average molecular weight is 819 g/mol. The smallest absolute Gasteiger partial charge is 0.413 e. The number of carboxylic acid groups (broad SMARTS) is 2. The van der Waals surface area contributed by atoms with Gasteiger partial charge in [0, 0.05) is 71.1 Å². The highest BCUT2D eigenvalue weighted by atomic mass is 32.2. The van der Waals surface area contributed by atoms with Crippen LogP contribution in [0.3, 0.4) is 0 Å². The maximum Gasteiger partial charge on any atom is 0.413 e. The van der Waals surface area contributed by atoms with Gasteiger partial charge in [-0.25, -0.2) is 18.4 Å². The number of fused-ring (bicyclic) bond motifs is 2. The first-order valence-corrected chi connectivity index (χ1v) is 20.8. The first-order valence-electron chi connectivity index (χ1n) is 18.8. The predicted molar refractivity (Wildman–Crippen MR) is 220 cm³/mol. The van der Waals surface area contributed by atoms with Gasteiger partial charge in [0.2, 0.25) is 0 Å². The average Bonchev–Trinajstić information content (AvgIpc) is 3.11. The Morgan fingerprint density at radius 2 is 1.09 bits per heavy atom. The van der Waals surface area contributed by atoms with Crippen molar-refractivity contribution in [3.63, 3.8) is 0 Å². The molecule has 2 aromatic carbocycles. The quantitative estimate of drug-likeness (QED) is 0.219. The molecule has 2 saturated carbocycles. The van der Waals surface area contributed by atoms with Crippen molar-refractivity contribution < 1.29 is 38.1 Å². The number of ether oxygens (including phenoxy) is 2. The monoisotopic (exact) mass is 818 g/mol. The molecular weight excluding hydrogens is 763 g/mol. The summed E-state index contributed by atoms with van der Waals surface area (Å²) in [6.45, 7) is 11.0. The molecule has 2 aliphatic carbocycles. The Hall–Kier alpha value is -3.60. The number of hydrogen-bond acceptors (Lipinski definition) is 10. The highest BCUT2D eigenvalue weighted by Crippen LogP contribution is 2.53. The zero-order valence-corrected chi connectivity index (χ0v) is 35.1. The van der Waals surface area contributed by atoms with Crippen LogP contribution in [0.5, 0.6) is 0 Å². The Balaban J connectivity index is 0.000000214. The zero-order valence-electron chi connectivity index (χ0n) is 33.5. The third-order valence-corrected chi connectivity index (χ3v) is 13.4. The molecule has 0 aromatic heterocycles. The van der Waals surface area contributed by atoms with Crippen LogP contribution in [-0.4, -0.2) is 91.5 Å². The molecule has 12 nitrogen and oxygen atoms in total. The summed E-state index contributed by atoms with van der Waals surface area (Å²) >= 11 is 2.83. The van der Waals surface area contributed by atoms with Crippen LogP contribution in [0.2, 0.25) is 0 Å². The summed E-state index contributed by atoms with van der Waals surface area (Å²) in [5.41, 5.74) is 10.8. The number of benzene rings is 2. The zero-order chi connectivity index (χ0) is 41.4. The van der Waals surface area contributed by atoms with E-state index in [4.69, 9.17) is 30.9 Å². The summed E-state index contributed by atoms with van der Waals surface area (Å²) in [5.74, 6) is 0.642. The van der Waals surface area contributed by atoms with Crippen LogP contribution in [0.15, 0.2) is 46.4 Å². The maximum atomic E-state index is 14.9. The van der Waals surface area contributed by atoms with Crippen LogP contribution in [0, 0.1) is 23.5 Å². The number of amides is 2. The predicted octanol–water partition coefficient (Wildman–Crippen LogP) is 8.60. The number of anilines is 2. The second-order valence-corrected chi connectivity index (χ2v) is 18.9. The maximum absolute atomic E-state index is 14.9. The number of methoxy groups -OCH3 is 2. The van der Waals surface area contributed by atoms with Crippen LogP contribution in [0.1, 0.15) is 91.2 Å². The Labute approximate surface area is 336 Å². The van der Waals surface area contributed by atoms with Crippen molar-refractivity contribution in [2.75, 3.05) is 37.2 Å². The first-order chi connectivity index (χ1) is 26.2. The number of nitrogens with zero attached hydrogens (tertiary/aromatic N) is 4. The van der Waals surface area contributed by atoms with Crippen LogP contribution in [0.25, 0.3) is 0 Å². The Bertz CT molecular complexity index is 1720. The van der Waals surface area contributed by atoms with E-state index in [2.05, 4.69) is 0 Å². The lowest BCUT2D eigenvalue weighted by Gasteiger charge is -2.48. The van der Waals surface area contributed by atoms with Crippen molar-refractivity contribution >= 4 is 57.4 Å². The highest BCUT2D eigenvalue weighted by Gasteiger charge is 2.52. The van der Waals surface area contributed by atoms with Crippen molar-refractivity contribution in [2.45, 2.75) is 114 Å². The van der Waals surface area contributed by atoms with Gasteiger partial charge >= 0.3 is 12.2 Å². The lowest BCUT2D eigenvalue weighted by molar-refractivity contribution is 0.0223. The third-order valence-electron chi connectivity index (χ3n) is 11.2. The van der Waals surface area contributed by atoms with E-state index >= 15 is 0 Å². The summed E-state index contributed by atoms with van der Waals surface area (Å²) < 4.78 is 41.0. The van der Waals surface area contributed by atoms with Gasteiger partial charge < -0.3 is 31.2 Å². The fourth-order valence-corrected chi connectivity index (χ4v) is 11.4. The van der Waals surface area contributed by atoms with Crippen LogP contribution < -0.4 is 11.5 Å². The molecule has 16 heteroatoms. The van der Waals surface area contributed by atoms with E-state index in [9.17, 15) is 28.6 Å². The molecule has 308 valence electrons. The van der Waals surface area contributed by atoms with Crippen molar-refractivity contribution in [3.05, 3.63) is 59.2 Å². The molecule has 2 fully saturated rings. The fourth-order valence-electron chi connectivity index (χ4n) is 8.44. The van der Waals surface area contributed by atoms with Crippen molar-refractivity contribution in [1.82, 2.24) is 9.80 Å². The Kier molecular flexibility index (Phi) is 13.0. The first kappa shape index (κ1) is 43.5. The van der Waals surface area contributed by atoms with E-state index in [1.807, 2.05) is 41.5 Å². The summed E-state index contributed by atoms with van der Waals surface area (Å²) in [6.07, 6.45) is 2.17. The topological polar surface area (TPSA) is 176 Å². The van der Waals surface area contributed by atoms with E-state index in [0.717, 1.165) is 25.7 Å². The molecule has 0 radical (unpaired) electrons. The van der Waals surface area contributed by atoms with E-state index < -0.39 is 34.3 Å². The number of amidine groups is 2. The minimum atomic E-state index is -1.06. The number of rotatable bonds is 4. The number of nitrogen functional groups attached to an aromatic ring is 2. The second kappa shape index (κ2) is 16.7. The summed E-state index contributed by atoms with van der Waals surface area (Å²) in [4.78, 5) is 36.4. The van der Waals surface area contributed by atoms with Gasteiger partial charge in [0.1, 0.15) is 11.6 Å². The molecule has 4 aliphatic rings. The molecule has 2 aliphatic heterocycles. The number of halogens is 2. The summed E-state index contributed by atoms with van der Waals surface area (Å²) in [6, 6.07) is 9.10. The Morgan fingerprint density at radius 1 is 0.732 bits per heavy atom. The molecule has 2 heterocycles. The third kappa shape index (κ3) is 8.77. The van der Waals surface area contributed by atoms with Crippen LogP contribution in [0.4, 0.5) is 29.7 Å². The van der Waals surface area contributed by atoms with Gasteiger partial charge in [-0.3, -0.25) is 19.8 Å². The molecule has 0 saturated heterocycles. The molecule has 6 rings (SSSR count). The van der Waals surface area contributed by atoms with Gasteiger partial charge in [0.15, 0.2) is 10.3 Å². The number of aliphatic imine (C=N–C) groups is 2. The molecule has 2 amide bonds. The van der Waals surface area contributed by atoms with Gasteiger partial charge in [-0.05, 0) is 116 Å². The van der Waals surface area contributed by atoms with Crippen molar-refractivity contribution in [1.29, 1.82) is 0 Å². The van der Waals surface area contributed by atoms with Gasteiger partial charge in [-0.1, -0.05) is 23.5 Å². The van der Waals surface area contributed by atoms with E-state index in [1.54, 1.807) is 26.4 Å². The number of thioether (sulfide) groups is 2. The minimum Gasteiger partial charge on any atom is -0.465 e. The van der Waals surface area contributed by atoms with E-state index in [-0.39, 0.29) is 35.7 Å². The molecule has 56 heavy (non-hydrogen) atoms. The van der Waals surface area contributed by atoms with Gasteiger partial charge in [-0.2, -0.15) is 0 Å². The molecule has 0 unspecified atom stereocenters. The van der Waals surface area contributed by atoms with Gasteiger partial charge in [-0.15, -0.1) is 0 Å². The molecule has 6 atom stereocenters.